The lowest BCUT2D eigenvalue weighted by molar-refractivity contribution is -0.164. The van der Waals surface area contributed by atoms with Crippen molar-refractivity contribution in [2.75, 3.05) is 26.2 Å². The molecule has 2 atom stereocenters. The number of hydrogen-bond acceptors (Lipinski definition) is 4. The van der Waals surface area contributed by atoms with E-state index in [0.29, 0.717) is 38.0 Å². The summed E-state index contributed by atoms with van der Waals surface area (Å²) >= 11 is 0. The molecule has 4 nitrogen and oxygen atoms in total. The summed E-state index contributed by atoms with van der Waals surface area (Å²) in [6.07, 6.45) is -3.00. The molecule has 1 saturated heterocycles. The van der Waals surface area contributed by atoms with E-state index in [-0.39, 0.29) is 18.6 Å². The summed E-state index contributed by atoms with van der Waals surface area (Å²) in [5.74, 6) is -0.301. The van der Waals surface area contributed by atoms with Crippen molar-refractivity contribution in [3.8, 4) is 0 Å². The first-order valence-corrected chi connectivity index (χ1v) is 8.18. The number of fused-ring (bicyclic) bond motifs is 1. The number of cyclic esters (lactones) is 1. The molecule has 0 amide bonds. The molecule has 0 saturated carbocycles. The standard InChI is InChI=1S/C17H21F3N2O2/c1-11-8-13-9-12(2-3-14(13)16(23)24-11)4-6-22-7-5-21-15(10-22)17(18,19)20/h2-3,9,11,15,21H,4-8,10H2,1H3. The predicted molar refractivity (Wildman–Crippen MR) is 83.0 cm³/mol. The molecule has 2 unspecified atom stereocenters. The van der Waals surface area contributed by atoms with E-state index in [0.717, 1.165) is 11.1 Å². The average Bonchev–Trinajstić information content (AvgIpc) is 2.52. The lowest BCUT2D eigenvalue weighted by Crippen LogP contribution is -2.57. The minimum Gasteiger partial charge on any atom is -0.459 e. The van der Waals surface area contributed by atoms with Gasteiger partial charge in [0.25, 0.3) is 0 Å². The number of carbonyl (C=O) groups excluding carboxylic acids is 1. The molecule has 2 heterocycles. The molecule has 2 aliphatic heterocycles. The Kier molecular flexibility index (Phi) is 4.83. The van der Waals surface area contributed by atoms with Gasteiger partial charge in [0.15, 0.2) is 0 Å². The maximum Gasteiger partial charge on any atom is 0.405 e. The van der Waals surface area contributed by atoms with Gasteiger partial charge in [-0.15, -0.1) is 0 Å². The van der Waals surface area contributed by atoms with Crippen LogP contribution in [0, 0.1) is 0 Å². The molecule has 0 aliphatic carbocycles. The molecule has 132 valence electrons. The van der Waals surface area contributed by atoms with Crippen LogP contribution in [0.5, 0.6) is 0 Å². The summed E-state index contributed by atoms with van der Waals surface area (Å²) in [6, 6.07) is 4.15. The number of piperazine rings is 1. The van der Waals surface area contributed by atoms with E-state index in [9.17, 15) is 18.0 Å². The van der Waals surface area contributed by atoms with Gasteiger partial charge < -0.3 is 10.1 Å². The summed E-state index contributed by atoms with van der Waals surface area (Å²) in [5.41, 5.74) is 2.60. The molecule has 0 spiro atoms. The van der Waals surface area contributed by atoms with Gasteiger partial charge in [0.05, 0.1) is 5.56 Å². The topological polar surface area (TPSA) is 41.6 Å². The Morgan fingerprint density at radius 3 is 2.92 bits per heavy atom. The minimum absolute atomic E-state index is 0.0161. The van der Waals surface area contributed by atoms with Crippen LogP contribution in [-0.2, 0) is 17.6 Å². The fourth-order valence-electron chi connectivity index (χ4n) is 3.29. The lowest BCUT2D eigenvalue weighted by Gasteiger charge is -2.34. The number of hydrogen-bond donors (Lipinski definition) is 1. The van der Waals surface area contributed by atoms with E-state index in [2.05, 4.69) is 5.32 Å². The smallest absolute Gasteiger partial charge is 0.405 e. The number of nitrogens with one attached hydrogen (secondary N) is 1. The van der Waals surface area contributed by atoms with Gasteiger partial charge in [-0.2, -0.15) is 13.2 Å². The molecule has 2 aliphatic rings. The van der Waals surface area contributed by atoms with E-state index >= 15 is 0 Å². The molecule has 0 bridgehead atoms. The van der Waals surface area contributed by atoms with Gasteiger partial charge >= 0.3 is 12.1 Å². The zero-order valence-corrected chi connectivity index (χ0v) is 13.5. The monoisotopic (exact) mass is 342 g/mol. The quantitative estimate of drug-likeness (QED) is 0.855. The summed E-state index contributed by atoms with van der Waals surface area (Å²) in [6.45, 7) is 3.37. The Hall–Kier alpha value is -1.60. The predicted octanol–water partition coefficient (Wildman–Crippen LogP) is 2.17. The average molecular weight is 342 g/mol. The highest BCUT2D eigenvalue weighted by Crippen LogP contribution is 2.24. The summed E-state index contributed by atoms with van der Waals surface area (Å²) < 4.78 is 43.6. The Balaban J connectivity index is 1.61. The molecule has 3 rings (SSSR count). The molecule has 1 fully saturated rings. The Bertz CT molecular complexity index is 618. The zero-order chi connectivity index (χ0) is 17.3. The number of nitrogens with zero attached hydrogens (tertiary/aromatic N) is 1. The van der Waals surface area contributed by atoms with Crippen molar-refractivity contribution in [1.82, 2.24) is 10.2 Å². The number of rotatable bonds is 3. The second-order valence-corrected chi connectivity index (χ2v) is 6.51. The Labute approximate surface area is 139 Å². The van der Waals surface area contributed by atoms with Crippen LogP contribution in [0.2, 0.25) is 0 Å². The molecular formula is C17H21F3N2O2. The highest BCUT2D eigenvalue weighted by atomic mass is 19.4. The van der Waals surface area contributed by atoms with Crippen LogP contribution in [0.4, 0.5) is 13.2 Å². The fourth-order valence-corrected chi connectivity index (χ4v) is 3.29. The van der Waals surface area contributed by atoms with Crippen molar-refractivity contribution in [3.05, 3.63) is 34.9 Å². The molecule has 1 N–H and O–H groups in total. The fraction of sp³-hybridized carbons (Fsp3) is 0.588. The van der Waals surface area contributed by atoms with Gasteiger partial charge in [-0.3, -0.25) is 4.90 Å². The molecule has 1 aromatic carbocycles. The highest BCUT2D eigenvalue weighted by Gasteiger charge is 2.41. The van der Waals surface area contributed by atoms with Crippen LogP contribution in [0.15, 0.2) is 18.2 Å². The van der Waals surface area contributed by atoms with Crippen LogP contribution in [0.3, 0.4) is 0 Å². The van der Waals surface area contributed by atoms with Crippen molar-refractivity contribution in [3.63, 3.8) is 0 Å². The van der Waals surface area contributed by atoms with Crippen molar-refractivity contribution >= 4 is 5.97 Å². The van der Waals surface area contributed by atoms with Gasteiger partial charge in [-0.05, 0) is 30.5 Å². The summed E-state index contributed by atoms with van der Waals surface area (Å²) in [5, 5.41) is 2.52. The third-order valence-corrected chi connectivity index (χ3v) is 4.58. The summed E-state index contributed by atoms with van der Waals surface area (Å²) in [7, 11) is 0. The molecule has 1 aromatic rings. The second-order valence-electron chi connectivity index (χ2n) is 6.51. The van der Waals surface area contributed by atoms with Gasteiger partial charge in [0.1, 0.15) is 12.1 Å². The number of alkyl halides is 3. The van der Waals surface area contributed by atoms with Crippen LogP contribution in [0.1, 0.15) is 28.4 Å². The first-order chi connectivity index (χ1) is 11.3. The van der Waals surface area contributed by atoms with E-state index in [4.69, 9.17) is 4.74 Å². The van der Waals surface area contributed by atoms with Gasteiger partial charge in [-0.25, -0.2) is 4.79 Å². The van der Waals surface area contributed by atoms with E-state index in [1.807, 2.05) is 24.0 Å². The Morgan fingerprint density at radius 2 is 2.17 bits per heavy atom. The van der Waals surface area contributed by atoms with Gasteiger partial charge in [0.2, 0.25) is 0 Å². The minimum atomic E-state index is -4.21. The first kappa shape index (κ1) is 17.2. The Morgan fingerprint density at radius 1 is 1.38 bits per heavy atom. The number of carbonyl (C=O) groups is 1. The van der Waals surface area contributed by atoms with Crippen molar-refractivity contribution in [2.24, 2.45) is 0 Å². The number of ether oxygens (including phenoxy) is 1. The third kappa shape index (κ3) is 3.89. The highest BCUT2D eigenvalue weighted by molar-refractivity contribution is 5.92. The largest absolute Gasteiger partial charge is 0.459 e. The SMILES string of the molecule is CC1Cc2cc(CCN3CCNC(C(F)(F)F)C3)ccc2C(=O)O1. The van der Waals surface area contributed by atoms with Gasteiger partial charge in [-0.1, -0.05) is 12.1 Å². The number of esters is 1. The molecule has 24 heavy (non-hydrogen) atoms. The lowest BCUT2D eigenvalue weighted by atomic mass is 9.96. The van der Waals surface area contributed by atoms with Crippen molar-refractivity contribution in [1.29, 1.82) is 0 Å². The second kappa shape index (κ2) is 6.72. The third-order valence-electron chi connectivity index (χ3n) is 4.58. The maximum absolute atomic E-state index is 12.8. The normalized spacial score (nSPS) is 25.2. The zero-order valence-electron chi connectivity index (χ0n) is 13.5. The first-order valence-electron chi connectivity index (χ1n) is 8.18. The molecule has 7 heteroatoms. The number of halogens is 3. The van der Waals surface area contributed by atoms with E-state index < -0.39 is 12.2 Å². The van der Waals surface area contributed by atoms with E-state index in [1.165, 1.54) is 0 Å². The molecular weight excluding hydrogens is 321 g/mol. The molecule has 0 radical (unpaired) electrons. The number of benzene rings is 1. The van der Waals surface area contributed by atoms with E-state index in [1.54, 1.807) is 6.07 Å². The van der Waals surface area contributed by atoms with Crippen molar-refractivity contribution in [2.45, 2.75) is 38.1 Å². The van der Waals surface area contributed by atoms with Gasteiger partial charge in [0, 0.05) is 32.6 Å². The maximum atomic E-state index is 12.8. The summed E-state index contributed by atoms with van der Waals surface area (Å²) in [4.78, 5) is 13.6. The van der Waals surface area contributed by atoms with Crippen LogP contribution < -0.4 is 5.32 Å². The molecule has 0 aromatic heterocycles. The van der Waals surface area contributed by atoms with Crippen LogP contribution in [0.25, 0.3) is 0 Å². The van der Waals surface area contributed by atoms with Crippen molar-refractivity contribution < 1.29 is 22.7 Å². The van der Waals surface area contributed by atoms with Crippen LogP contribution in [-0.4, -0.2) is 55.4 Å². The van der Waals surface area contributed by atoms with Crippen LogP contribution >= 0.6 is 0 Å².